The number of carbonyl (C=O) groups excluding carboxylic acids is 1. The molecule has 0 radical (unpaired) electrons. The van der Waals surface area contributed by atoms with Crippen molar-refractivity contribution in [1.29, 1.82) is 0 Å². The summed E-state index contributed by atoms with van der Waals surface area (Å²) in [6.07, 6.45) is 0.954. The first-order valence-electron chi connectivity index (χ1n) is 1.94. The summed E-state index contributed by atoms with van der Waals surface area (Å²) >= 11 is 0. The fraction of sp³-hybridized carbons (Fsp3) is 0. The first-order chi connectivity index (χ1) is 4.27. The molecule has 0 saturated heterocycles. The summed E-state index contributed by atoms with van der Waals surface area (Å²) < 4.78 is 0. The van der Waals surface area contributed by atoms with Crippen LogP contribution in [0.2, 0.25) is 0 Å². The van der Waals surface area contributed by atoms with Gasteiger partial charge in [0, 0.05) is 0 Å². The van der Waals surface area contributed by atoms with Gasteiger partial charge in [-0.15, -0.1) is 5.11 Å². The van der Waals surface area contributed by atoms with Crippen LogP contribution in [0.4, 0.5) is 4.79 Å². The average Bonchev–Trinajstić information content (AvgIpc) is 1.80. The Morgan fingerprint density at radius 1 is 1.67 bits per heavy atom. The Morgan fingerprint density at radius 3 is 2.78 bits per heavy atom. The molecule has 0 saturated carbocycles. The first kappa shape index (κ1) is 7.34. The summed E-state index contributed by atoms with van der Waals surface area (Å²) in [6, 6.07) is -0.788. The van der Waals surface area contributed by atoms with Crippen LogP contribution in [0.15, 0.2) is 15.4 Å². The number of nitrogens with two attached hydrogens (primary N) is 2. The topological polar surface area (TPSA) is 118 Å². The molecule has 0 bridgehead atoms. The van der Waals surface area contributed by atoms with Crippen molar-refractivity contribution in [2.24, 2.45) is 27.0 Å². The molecule has 0 aliphatic rings. The molecule has 0 unspecified atom stereocenters. The number of rotatable bonds is 2. The van der Waals surface area contributed by atoms with Crippen LogP contribution >= 0.6 is 0 Å². The number of hydrogen-bond acceptors (Lipinski definition) is 4. The maximum Gasteiger partial charge on any atom is 0.333 e. The fourth-order valence-electron chi connectivity index (χ4n) is 0.134. The zero-order valence-corrected chi connectivity index (χ0v) is 4.48. The lowest BCUT2D eigenvalue weighted by Crippen LogP contribution is -2.23. The van der Waals surface area contributed by atoms with Crippen molar-refractivity contribution in [3.63, 3.8) is 0 Å². The smallest absolute Gasteiger partial charge is 0.333 e. The molecule has 2 amide bonds. The number of amides is 2. The third kappa shape index (κ3) is 6.34. The summed E-state index contributed by atoms with van der Waals surface area (Å²) in [4.78, 5) is 9.84. The SMILES string of the molecule is NN=CN=NNC(N)=O. The van der Waals surface area contributed by atoms with Crippen LogP contribution in [0.1, 0.15) is 0 Å². The van der Waals surface area contributed by atoms with Gasteiger partial charge in [-0.25, -0.2) is 10.2 Å². The Morgan fingerprint density at radius 2 is 2.33 bits per heavy atom. The second-order valence-electron chi connectivity index (χ2n) is 0.956. The van der Waals surface area contributed by atoms with E-state index in [4.69, 9.17) is 0 Å². The van der Waals surface area contributed by atoms with Crippen molar-refractivity contribution in [2.75, 3.05) is 0 Å². The van der Waals surface area contributed by atoms with Gasteiger partial charge in [-0.05, 0) is 0 Å². The van der Waals surface area contributed by atoms with Crippen molar-refractivity contribution < 1.29 is 4.79 Å². The van der Waals surface area contributed by atoms with Gasteiger partial charge >= 0.3 is 6.03 Å². The maximum absolute atomic E-state index is 9.84. The van der Waals surface area contributed by atoms with Crippen LogP contribution in [0.25, 0.3) is 0 Å². The molecule has 0 aromatic heterocycles. The fourth-order valence-corrected chi connectivity index (χ4v) is 0.134. The average molecular weight is 130 g/mol. The third-order valence-electron chi connectivity index (χ3n) is 0.336. The van der Waals surface area contributed by atoms with E-state index in [0.717, 1.165) is 6.34 Å². The number of nitrogens with one attached hydrogen (secondary N) is 1. The number of carbonyl (C=O) groups is 1. The lowest BCUT2D eigenvalue weighted by atomic mass is 11.2. The molecular weight excluding hydrogens is 124 g/mol. The highest BCUT2D eigenvalue weighted by Gasteiger charge is 1.81. The molecule has 0 aromatic carbocycles. The van der Waals surface area contributed by atoms with Crippen molar-refractivity contribution in [1.82, 2.24) is 5.43 Å². The van der Waals surface area contributed by atoms with E-state index in [1.54, 1.807) is 0 Å². The number of primary amides is 1. The monoisotopic (exact) mass is 130 g/mol. The van der Waals surface area contributed by atoms with Gasteiger partial charge in [0.05, 0.1) is 0 Å². The normalized spacial score (nSPS) is 10.7. The Labute approximate surface area is 50.8 Å². The minimum atomic E-state index is -0.788. The Bertz CT molecular complexity index is 138. The van der Waals surface area contributed by atoms with E-state index in [9.17, 15) is 4.79 Å². The van der Waals surface area contributed by atoms with Crippen LogP contribution in [-0.2, 0) is 0 Å². The molecule has 5 N–H and O–H groups in total. The highest BCUT2D eigenvalue weighted by Crippen LogP contribution is 1.61. The summed E-state index contributed by atoms with van der Waals surface area (Å²) in [5, 5.41) is 9.11. The molecule has 7 heteroatoms. The van der Waals surface area contributed by atoms with E-state index in [2.05, 4.69) is 27.0 Å². The molecule has 0 rings (SSSR count). The zero-order valence-electron chi connectivity index (χ0n) is 4.48. The summed E-state index contributed by atoms with van der Waals surface area (Å²) in [5.74, 6) is 4.62. The van der Waals surface area contributed by atoms with Crippen molar-refractivity contribution in [3.05, 3.63) is 0 Å². The van der Waals surface area contributed by atoms with Crippen molar-refractivity contribution in [3.8, 4) is 0 Å². The largest absolute Gasteiger partial charge is 0.350 e. The summed E-state index contributed by atoms with van der Waals surface area (Å²) in [6.45, 7) is 0. The van der Waals surface area contributed by atoms with Gasteiger partial charge in [-0.1, -0.05) is 5.22 Å². The predicted molar refractivity (Wildman–Crippen MR) is 30.3 cm³/mol. The maximum atomic E-state index is 9.84. The lowest BCUT2D eigenvalue weighted by Gasteiger charge is -1.83. The Kier molecular flexibility index (Phi) is 3.67. The molecule has 0 fully saturated rings. The first-order valence-corrected chi connectivity index (χ1v) is 1.94. The number of hydrazone groups is 1. The molecule has 7 nitrogen and oxygen atoms in total. The van der Waals surface area contributed by atoms with Gasteiger partial charge < -0.3 is 11.6 Å². The molecule has 0 heterocycles. The predicted octanol–water partition coefficient (Wildman–Crippen LogP) is -1.08. The van der Waals surface area contributed by atoms with Gasteiger partial charge in [0.2, 0.25) is 0 Å². The molecule has 0 aromatic rings. The summed E-state index contributed by atoms with van der Waals surface area (Å²) in [5.41, 5.74) is 6.43. The second-order valence-corrected chi connectivity index (χ2v) is 0.956. The van der Waals surface area contributed by atoms with E-state index in [0.29, 0.717) is 0 Å². The Hall–Kier alpha value is -1.66. The van der Waals surface area contributed by atoms with E-state index >= 15 is 0 Å². The van der Waals surface area contributed by atoms with Crippen LogP contribution in [0.5, 0.6) is 0 Å². The third-order valence-corrected chi connectivity index (χ3v) is 0.336. The molecule has 9 heavy (non-hydrogen) atoms. The highest BCUT2D eigenvalue weighted by molar-refractivity contribution is 5.71. The van der Waals surface area contributed by atoms with Gasteiger partial charge in [0.25, 0.3) is 0 Å². The van der Waals surface area contributed by atoms with Gasteiger partial charge in [0.1, 0.15) is 0 Å². The van der Waals surface area contributed by atoms with Crippen LogP contribution in [-0.4, -0.2) is 12.4 Å². The minimum absolute atomic E-state index is 0.788. The number of hydrogen-bond donors (Lipinski definition) is 3. The quantitative estimate of drug-likeness (QED) is 0.145. The zero-order chi connectivity index (χ0) is 7.11. The second kappa shape index (κ2) is 4.50. The molecular formula is C2H6N6O. The van der Waals surface area contributed by atoms with E-state index in [1.165, 1.54) is 0 Å². The molecule has 0 aliphatic carbocycles. The van der Waals surface area contributed by atoms with Gasteiger partial charge in [0.15, 0.2) is 6.34 Å². The van der Waals surface area contributed by atoms with E-state index in [1.807, 2.05) is 5.43 Å². The lowest BCUT2D eigenvalue weighted by molar-refractivity contribution is 0.249. The molecule has 0 aliphatic heterocycles. The number of urea groups is 1. The minimum Gasteiger partial charge on any atom is -0.350 e. The van der Waals surface area contributed by atoms with E-state index in [-0.39, 0.29) is 0 Å². The molecule has 50 valence electrons. The van der Waals surface area contributed by atoms with Crippen LogP contribution < -0.4 is 17.0 Å². The highest BCUT2D eigenvalue weighted by atomic mass is 16.2. The molecule has 0 atom stereocenters. The van der Waals surface area contributed by atoms with Crippen LogP contribution in [0.3, 0.4) is 0 Å². The van der Waals surface area contributed by atoms with Gasteiger partial charge in [-0.3, -0.25) is 0 Å². The van der Waals surface area contributed by atoms with Crippen molar-refractivity contribution in [2.45, 2.75) is 0 Å². The van der Waals surface area contributed by atoms with Gasteiger partial charge in [-0.2, -0.15) is 5.10 Å². The van der Waals surface area contributed by atoms with Crippen LogP contribution in [0, 0.1) is 0 Å². The standard InChI is InChI=1S/C2H6N6O/c3-2(9)7-8-6-1-5-4/h1H,4H2,(H3,3,5,6,7,9). The number of nitrogens with zero attached hydrogens (tertiary/aromatic N) is 3. The van der Waals surface area contributed by atoms with E-state index < -0.39 is 6.03 Å². The Balaban J connectivity index is 3.36. The molecule has 0 spiro atoms. The summed E-state index contributed by atoms with van der Waals surface area (Å²) in [7, 11) is 0. The van der Waals surface area contributed by atoms with Crippen molar-refractivity contribution >= 4 is 12.4 Å².